The number of cyclic esters (lactones) is 1. The highest BCUT2D eigenvalue weighted by Gasteiger charge is 2.66. The summed E-state index contributed by atoms with van der Waals surface area (Å²) in [6, 6.07) is 7.09. The van der Waals surface area contributed by atoms with E-state index in [9.17, 15) is 20.0 Å². The van der Waals surface area contributed by atoms with Crippen LogP contribution in [0.1, 0.15) is 24.3 Å². The fraction of sp³-hybridized carbons (Fsp3) is 0.500. The third-order valence-corrected chi connectivity index (χ3v) is 5.12. The van der Waals surface area contributed by atoms with Gasteiger partial charge in [0.05, 0.1) is 11.8 Å². The van der Waals surface area contributed by atoms with Crippen LogP contribution in [-0.4, -0.2) is 34.2 Å². The van der Waals surface area contributed by atoms with Crippen LogP contribution in [0.15, 0.2) is 28.7 Å². The second-order valence-electron chi connectivity index (χ2n) is 5.58. The number of rotatable bonds is 2. The molecule has 1 aromatic carbocycles. The molecule has 1 saturated heterocycles. The van der Waals surface area contributed by atoms with Crippen LogP contribution in [0.3, 0.4) is 0 Å². The number of halogens is 1. The number of benzene rings is 1. The average Bonchev–Trinajstić information content (AvgIpc) is 2.45. The number of hydrogen-bond donors (Lipinski definition) is 1. The highest BCUT2D eigenvalue weighted by Crippen LogP contribution is 2.50. The second-order valence-corrected chi connectivity index (χ2v) is 6.50. The van der Waals surface area contributed by atoms with Crippen molar-refractivity contribution in [2.75, 3.05) is 6.61 Å². The Labute approximate surface area is 129 Å². The lowest BCUT2D eigenvalue weighted by molar-refractivity contribution is -0.599. The van der Waals surface area contributed by atoms with Gasteiger partial charge in [0.2, 0.25) is 0 Å². The third-order valence-electron chi connectivity index (χ3n) is 4.59. The summed E-state index contributed by atoms with van der Waals surface area (Å²) in [4.78, 5) is 23.2. The molecule has 1 N–H and O–H groups in total. The molecule has 1 heterocycles. The van der Waals surface area contributed by atoms with Crippen molar-refractivity contribution in [2.24, 2.45) is 5.92 Å². The Morgan fingerprint density at radius 2 is 2.00 bits per heavy atom. The van der Waals surface area contributed by atoms with Crippen LogP contribution < -0.4 is 0 Å². The van der Waals surface area contributed by atoms with E-state index < -0.39 is 34.4 Å². The summed E-state index contributed by atoms with van der Waals surface area (Å²) in [6.07, 6.45) is -0.477. The summed E-state index contributed by atoms with van der Waals surface area (Å²) in [6.45, 7) is -0.378. The molecule has 21 heavy (non-hydrogen) atoms. The predicted octanol–water partition coefficient (Wildman–Crippen LogP) is 1.88. The first kappa shape index (κ1) is 14.5. The molecule has 0 amide bonds. The molecule has 6 nitrogen and oxygen atoms in total. The number of carbonyl (C=O) groups excluding carboxylic acids is 1. The van der Waals surface area contributed by atoms with Gasteiger partial charge in [0, 0.05) is 9.40 Å². The maximum Gasteiger partial charge on any atom is 0.310 e. The van der Waals surface area contributed by atoms with Crippen LogP contribution in [0, 0.1) is 16.0 Å². The number of nitrogens with zero attached hydrogens (tertiary/aromatic N) is 1. The van der Waals surface area contributed by atoms with Gasteiger partial charge >= 0.3 is 5.97 Å². The average molecular weight is 356 g/mol. The van der Waals surface area contributed by atoms with Gasteiger partial charge in [-0.15, -0.1) is 0 Å². The van der Waals surface area contributed by atoms with E-state index in [1.165, 1.54) is 0 Å². The smallest absolute Gasteiger partial charge is 0.310 e. The van der Waals surface area contributed by atoms with Crippen LogP contribution in [0.2, 0.25) is 0 Å². The molecular weight excluding hydrogens is 342 g/mol. The number of nitro groups is 1. The predicted molar refractivity (Wildman–Crippen MR) is 76.3 cm³/mol. The lowest BCUT2D eigenvalue weighted by Crippen LogP contribution is -2.65. The second kappa shape index (κ2) is 5.06. The largest absolute Gasteiger partial charge is 0.458 e. The molecule has 2 bridgehead atoms. The van der Waals surface area contributed by atoms with Gasteiger partial charge in [0.25, 0.3) is 5.54 Å². The summed E-state index contributed by atoms with van der Waals surface area (Å²) in [5.41, 5.74) is -0.958. The molecule has 1 aliphatic heterocycles. The van der Waals surface area contributed by atoms with Crippen molar-refractivity contribution in [1.29, 1.82) is 0 Å². The van der Waals surface area contributed by atoms with E-state index in [1.54, 1.807) is 24.3 Å². The lowest BCUT2D eigenvalue weighted by atomic mass is 9.62. The molecule has 1 aliphatic carbocycles. The Hall–Kier alpha value is -1.47. The molecule has 0 radical (unpaired) electrons. The van der Waals surface area contributed by atoms with Gasteiger partial charge in [-0.05, 0) is 30.5 Å². The van der Waals surface area contributed by atoms with Gasteiger partial charge in [0.1, 0.15) is 6.10 Å². The molecule has 0 spiro atoms. The fourth-order valence-corrected chi connectivity index (χ4v) is 3.79. The van der Waals surface area contributed by atoms with Crippen LogP contribution in [0.4, 0.5) is 0 Å². The first-order valence-electron chi connectivity index (χ1n) is 6.71. The van der Waals surface area contributed by atoms with Crippen molar-refractivity contribution in [1.82, 2.24) is 0 Å². The SMILES string of the molecule is O=C1OC[C@]2([N+](=O)[O-])[C@H](c3ccc(Br)cc3)[C@H]1CC[C@@H]2O. The summed E-state index contributed by atoms with van der Waals surface area (Å²) >= 11 is 3.32. The molecule has 1 aromatic rings. The van der Waals surface area contributed by atoms with E-state index in [0.717, 1.165) is 4.47 Å². The van der Waals surface area contributed by atoms with Gasteiger partial charge < -0.3 is 9.84 Å². The molecule has 3 rings (SSSR count). The minimum atomic E-state index is -1.65. The minimum Gasteiger partial charge on any atom is -0.458 e. The normalized spacial score (nSPS) is 35.1. The van der Waals surface area contributed by atoms with Crippen molar-refractivity contribution in [2.45, 2.75) is 30.4 Å². The fourth-order valence-electron chi connectivity index (χ4n) is 3.52. The van der Waals surface area contributed by atoms with E-state index in [2.05, 4.69) is 15.9 Å². The quantitative estimate of drug-likeness (QED) is 0.496. The Morgan fingerprint density at radius 3 is 2.62 bits per heavy atom. The maximum atomic E-state index is 12.0. The Bertz CT molecular complexity index is 590. The molecule has 4 atom stereocenters. The molecular formula is C14H14BrNO5. The minimum absolute atomic E-state index is 0.244. The zero-order valence-corrected chi connectivity index (χ0v) is 12.7. The first-order chi connectivity index (χ1) is 9.96. The summed E-state index contributed by atoms with van der Waals surface area (Å²) < 4.78 is 5.86. The molecule has 2 aliphatic rings. The molecule has 2 fully saturated rings. The summed E-state index contributed by atoms with van der Waals surface area (Å²) in [7, 11) is 0. The van der Waals surface area contributed by atoms with Crippen LogP contribution in [0.5, 0.6) is 0 Å². The number of carbonyl (C=O) groups is 1. The number of fused-ring (bicyclic) bond motifs is 2. The van der Waals surface area contributed by atoms with Gasteiger partial charge in [-0.1, -0.05) is 28.1 Å². The van der Waals surface area contributed by atoms with Gasteiger partial charge in [-0.2, -0.15) is 0 Å². The lowest BCUT2D eigenvalue weighted by Gasteiger charge is -2.46. The number of esters is 1. The van der Waals surface area contributed by atoms with Gasteiger partial charge in [-0.3, -0.25) is 14.9 Å². The van der Waals surface area contributed by atoms with Gasteiger partial charge in [-0.25, -0.2) is 0 Å². The molecule has 112 valence electrons. The van der Waals surface area contributed by atoms with Crippen molar-refractivity contribution >= 4 is 21.9 Å². The highest BCUT2D eigenvalue weighted by atomic mass is 79.9. The standard InChI is InChI=1S/C14H14BrNO5/c15-9-3-1-8(2-4-9)12-10-5-6-11(17)14(12,16(19)20)7-21-13(10)18/h1-4,10-12,17H,5-7H2/t10-,11+,12-,14-/m1/s1. The van der Waals surface area contributed by atoms with E-state index in [0.29, 0.717) is 12.0 Å². The Kier molecular flexibility index (Phi) is 3.49. The van der Waals surface area contributed by atoms with E-state index in [-0.39, 0.29) is 13.0 Å². The number of aliphatic hydroxyl groups excluding tert-OH is 1. The van der Waals surface area contributed by atoms with Gasteiger partial charge in [0.15, 0.2) is 6.61 Å². The van der Waals surface area contributed by atoms with Crippen molar-refractivity contribution in [3.05, 3.63) is 44.4 Å². The highest BCUT2D eigenvalue weighted by molar-refractivity contribution is 9.10. The van der Waals surface area contributed by atoms with Crippen LogP contribution in [0.25, 0.3) is 0 Å². The molecule has 0 unspecified atom stereocenters. The number of ether oxygens (including phenoxy) is 1. The monoisotopic (exact) mass is 355 g/mol. The van der Waals surface area contributed by atoms with Crippen LogP contribution in [-0.2, 0) is 9.53 Å². The topological polar surface area (TPSA) is 89.7 Å². The van der Waals surface area contributed by atoms with Crippen molar-refractivity contribution in [3.63, 3.8) is 0 Å². The zero-order valence-electron chi connectivity index (χ0n) is 11.1. The molecule has 1 saturated carbocycles. The molecule has 7 heteroatoms. The summed E-state index contributed by atoms with van der Waals surface area (Å²) in [5, 5.41) is 22.0. The van der Waals surface area contributed by atoms with Crippen molar-refractivity contribution < 1.29 is 19.6 Å². The third kappa shape index (κ3) is 2.06. The Balaban J connectivity index is 2.14. The van der Waals surface area contributed by atoms with E-state index in [1.807, 2.05) is 0 Å². The Morgan fingerprint density at radius 1 is 1.33 bits per heavy atom. The van der Waals surface area contributed by atoms with Crippen LogP contribution >= 0.6 is 15.9 Å². The van der Waals surface area contributed by atoms with E-state index in [4.69, 9.17) is 4.74 Å². The first-order valence-corrected chi connectivity index (χ1v) is 7.51. The molecule has 0 aromatic heterocycles. The summed E-state index contributed by atoms with van der Waals surface area (Å²) in [5.74, 6) is -1.65. The number of aliphatic hydroxyl groups is 1. The van der Waals surface area contributed by atoms with E-state index >= 15 is 0 Å². The van der Waals surface area contributed by atoms with Crippen molar-refractivity contribution in [3.8, 4) is 0 Å². The zero-order chi connectivity index (χ0) is 15.2. The maximum absolute atomic E-state index is 12.0. The number of hydrogen-bond acceptors (Lipinski definition) is 5.